The maximum Gasteiger partial charge on any atom is 0.242 e. The number of carbonyl (C=O) groups excluding carboxylic acids is 2. The molecule has 5 nitrogen and oxygen atoms in total. The summed E-state index contributed by atoms with van der Waals surface area (Å²) in [5.74, 6) is 0.601. The highest BCUT2D eigenvalue weighted by Gasteiger charge is 2.28. The Balaban J connectivity index is 1.76. The predicted molar refractivity (Wildman–Crippen MR) is 118 cm³/mol. The maximum atomic E-state index is 13.2. The van der Waals surface area contributed by atoms with Crippen LogP contribution < -0.4 is 10.1 Å². The van der Waals surface area contributed by atoms with Crippen LogP contribution in [0.15, 0.2) is 54.6 Å². The zero-order valence-electron chi connectivity index (χ0n) is 18.0. The minimum Gasteiger partial charge on any atom is -0.497 e. The molecule has 3 rings (SSSR count). The molecule has 1 N–H and O–H groups in total. The van der Waals surface area contributed by atoms with Gasteiger partial charge in [-0.15, -0.1) is 0 Å². The number of methoxy groups -OCH3 is 1. The van der Waals surface area contributed by atoms with E-state index >= 15 is 0 Å². The van der Waals surface area contributed by atoms with E-state index in [4.69, 9.17) is 4.74 Å². The van der Waals surface area contributed by atoms with Gasteiger partial charge in [-0.3, -0.25) is 9.59 Å². The molecule has 1 atom stereocenters. The molecule has 2 aromatic carbocycles. The van der Waals surface area contributed by atoms with Crippen LogP contribution in [0.5, 0.6) is 5.75 Å². The summed E-state index contributed by atoms with van der Waals surface area (Å²) in [6.45, 7) is 2.18. The Morgan fingerprint density at radius 2 is 1.73 bits per heavy atom. The van der Waals surface area contributed by atoms with Crippen LogP contribution in [0.3, 0.4) is 0 Å². The normalized spacial score (nSPS) is 15.3. The number of ether oxygens (including phenoxy) is 1. The molecule has 0 saturated heterocycles. The van der Waals surface area contributed by atoms with Gasteiger partial charge in [-0.2, -0.15) is 0 Å². The number of nitrogens with zero attached hydrogens (tertiary/aromatic N) is 1. The van der Waals surface area contributed by atoms with Gasteiger partial charge >= 0.3 is 0 Å². The summed E-state index contributed by atoms with van der Waals surface area (Å²) in [5, 5.41) is 3.17. The molecule has 5 heteroatoms. The second-order valence-electron chi connectivity index (χ2n) is 8.06. The van der Waals surface area contributed by atoms with Gasteiger partial charge in [0.2, 0.25) is 11.8 Å². The van der Waals surface area contributed by atoms with E-state index < -0.39 is 6.04 Å². The number of amides is 2. The molecule has 0 spiro atoms. The van der Waals surface area contributed by atoms with E-state index in [9.17, 15) is 9.59 Å². The van der Waals surface area contributed by atoms with Gasteiger partial charge in [0, 0.05) is 12.6 Å². The van der Waals surface area contributed by atoms with E-state index in [0.717, 1.165) is 42.6 Å². The summed E-state index contributed by atoms with van der Waals surface area (Å²) in [6, 6.07) is 17.0. The Hall–Kier alpha value is -2.82. The van der Waals surface area contributed by atoms with Gasteiger partial charge in [0.1, 0.15) is 11.8 Å². The highest BCUT2D eigenvalue weighted by atomic mass is 16.5. The summed E-state index contributed by atoms with van der Waals surface area (Å²) in [5.41, 5.74) is 1.88. The number of hydrogen-bond donors (Lipinski definition) is 1. The molecule has 0 aromatic heterocycles. The Morgan fingerprint density at radius 3 is 2.43 bits per heavy atom. The fraction of sp³-hybridized carbons (Fsp3) is 0.440. The van der Waals surface area contributed by atoms with Gasteiger partial charge in [0.15, 0.2) is 0 Å². The molecule has 160 valence electrons. The van der Waals surface area contributed by atoms with Crippen molar-refractivity contribution in [3.63, 3.8) is 0 Å². The molecule has 1 fully saturated rings. The molecular weight excluding hydrogens is 376 g/mol. The molecule has 1 saturated carbocycles. The first kappa shape index (κ1) is 21.9. The number of carbonyl (C=O) groups is 2. The largest absolute Gasteiger partial charge is 0.497 e. The highest BCUT2D eigenvalue weighted by molar-refractivity contribution is 5.88. The van der Waals surface area contributed by atoms with Gasteiger partial charge in [-0.05, 0) is 43.0 Å². The molecule has 30 heavy (non-hydrogen) atoms. The van der Waals surface area contributed by atoms with E-state index in [0.29, 0.717) is 6.54 Å². The van der Waals surface area contributed by atoms with Crippen LogP contribution >= 0.6 is 0 Å². The first-order valence-corrected chi connectivity index (χ1v) is 10.8. The lowest BCUT2D eigenvalue weighted by Gasteiger charge is -2.31. The monoisotopic (exact) mass is 408 g/mol. The Kier molecular flexibility index (Phi) is 7.89. The average molecular weight is 409 g/mol. The van der Waals surface area contributed by atoms with Crippen molar-refractivity contribution < 1.29 is 14.3 Å². The third-order valence-electron chi connectivity index (χ3n) is 5.80. The molecular formula is C25H32N2O3. The van der Waals surface area contributed by atoms with Crippen molar-refractivity contribution in [3.05, 3.63) is 65.7 Å². The lowest BCUT2D eigenvalue weighted by Crippen LogP contribution is -2.50. The summed E-state index contributed by atoms with van der Waals surface area (Å²) >= 11 is 0. The minimum absolute atomic E-state index is 0.0599. The van der Waals surface area contributed by atoms with Gasteiger partial charge in [0.25, 0.3) is 0 Å². The van der Waals surface area contributed by atoms with E-state index in [-0.39, 0.29) is 24.3 Å². The quantitative estimate of drug-likeness (QED) is 0.715. The number of hydrogen-bond acceptors (Lipinski definition) is 3. The number of rotatable bonds is 8. The van der Waals surface area contributed by atoms with E-state index in [1.54, 1.807) is 12.0 Å². The second kappa shape index (κ2) is 10.8. The van der Waals surface area contributed by atoms with Crippen molar-refractivity contribution in [2.75, 3.05) is 7.11 Å². The van der Waals surface area contributed by atoms with Gasteiger partial charge in [-0.1, -0.05) is 61.7 Å². The molecule has 1 aliphatic rings. The zero-order valence-corrected chi connectivity index (χ0v) is 18.0. The SMILES string of the molecule is COc1cccc(CN(C(=O)Cc2ccccc2)[C@@H](C)C(=O)NC2CCCCC2)c1. The first-order valence-electron chi connectivity index (χ1n) is 10.8. The molecule has 0 aliphatic heterocycles. The first-order chi connectivity index (χ1) is 14.6. The second-order valence-corrected chi connectivity index (χ2v) is 8.06. The van der Waals surface area contributed by atoms with Crippen LogP contribution in [-0.2, 0) is 22.6 Å². The van der Waals surface area contributed by atoms with E-state index in [2.05, 4.69) is 5.32 Å². The molecule has 0 heterocycles. The summed E-state index contributed by atoms with van der Waals surface area (Å²) in [7, 11) is 1.62. The smallest absolute Gasteiger partial charge is 0.242 e. The lowest BCUT2D eigenvalue weighted by atomic mass is 9.95. The maximum absolute atomic E-state index is 13.2. The summed E-state index contributed by atoms with van der Waals surface area (Å²) < 4.78 is 5.32. The fourth-order valence-corrected chi connectivity index (χ4v) is 3.99. The summed E-state index contributed by atoms with van der Waals surface area (Å²) in [4.78, 5) is 27.9. The lowest BCUT2D eigenvalue weighted by molar-refractivity contribution is -0.140. The van der Waals surface area contributed by atoms with Crippen LogP contribution in [0.2, 0.25) is 0 Å². The van der Waals surface area contributed by atoms with Gasteiger partial charge in [0.05, 0.1) is 13.5 Å². The number of nitrogens with one attached hydrogen (secondary N) is 1. The third-order valence-corrected chi connectivity index (χ3v) is 5.80. The Labute approximate surface area is 179 Å². The summed E-state index contributed by atoms with van der Waals surface area (Å²) in [6.07, 6.45) is 5.85. The zero-order chi connectivity index (χ0) is 21.3. The molecule has 2 aromatic rings. The topological polar surface area (TPSA) is 58.6 Å². The van der Waals surface area contributed by atoms with Crippen molar-refractivity contribution in [2.45, 2.75) is 64.1 Å². The number of benzene rings is 2. The van der Waals surface area contributed by atoms with Crippen molar-refractivity contribution in [1.82, 2.24) is 10.2 Å². The van der Waals surface area contributed by atoms with Crippen molar-refractivity contribution >= 4 is 11.8 Å². The standard InChI is InChI=1S/C25H32N2O3/c1-19(25(29)26-22-13-7-4-8-14-22)27(18-21-12-9-15-23(16-21)30-2)24(28)17-20-10-5-3-6-11-20/h3,5-6,9-12,15-16,19,22H,4,7-8,13-14,17-18H2,1-2H3,(H,26,29)/t19-/m0/s1. The fourth-order valence-electron chi connectivity index (χ4n) is 3.99. The van der Waals surface area contributed by atoms with Gasteiger partial charge < -0.3 is 15.0 Å². The highest BCUT2D eigenvalue weighted by Crippen LogP contribution is 2.20. The molecule has 0 bridgehead atoms. The Bertz CT molecular complexity index is 831. The van der Waals surface area contributed by atoms with Crippen LogP contribution in [0.4, 0.5) is 0 Å². The van der Waals surface area contributed by atoms with Crippen LogP contribution in [0, 0.1) is 0 Å². The molecule has 0 radical (unpaired) electrons. The minimum atomic E-state index is -0.547. The van der Waals surface area contributed by atoms with Crippen LogP contribution in [0.1, 0.15) is 50.2 Å². The third kappa shape index (κ3) is 6.09. The molecule has 2 amide bonds. The van der Waals surface area contributed by atoms with E-state index in [1.807, 2.05) is 61.5 Å². The van der Waals surface area contributed by atoms with Crippen LogP contribution in [-0.4, -0.2) is 35.9 Å². The van der Waals surface area contributed by atoms with Crippen LogP contribution in [0.25, 0.3) is 0 Å². The predicted octanol–water partition coefficient (Wildman–Crippen LogP) is 4.10. The molecule has 1 aliphatic carbocycles. The van der Waals surface area contributed by atoms with Crippen molar-refractivity contribution in [1.29, 1.82) is 0 Å². The van der Waals surface area contributed by atoms with Gasteiger partial charge in [-0.25, -0.2) is 0 Å². The average Bonchev–Trinajstić information content (AvgIpc) is 2.78. The Morgan fingerprint density at radius 1 is 1.03 bits per heavy atom. The van der Waals surface area contributed by atoms with E-state index in [1.165, 1.54) is 6.42 Å². The van der Waals surface area contributed by atoms with Crippen molar-refractivity contribution in [3.8, 4) is 5.75 Å². The van der Waals surface area contributed by atoms with Crippen molar-refractivity contribution in [2.24, 2.45) is 0 Å². The molecule has 0 unspecified atom stereocenters.